The molecule has 0 saturated carbocycles. The summed E-state index contributed by atoms with van der Waals surface area (Å²) < 4.78 is 1.89. The summed E-state index contributed by atoms with van der Waals surface area (Å²) >= 11 is 6.31. The number of hydrogen-bond acceptors (Lipinski definition) is 2. The van der Waals surface area contributed by atoms with Gasteiger partial charge in [0.15, 0.2) is 0 Å². The predicted molar refractivity (Wildman–Crippen MR) is 88.9 cm³/mol. The average Bonchev–Trinajstić information content (AvgIpc) is 2.84. The number of benzene rings is 1. The summed E-state index contributed by atoms with van der Waals surface area (Å²) in [4.78, 5) is 0. The monoisotopic (exact) mass is 305 g/mol. The second-order valence-corrected chi connectivity index (χ2v) is 5.86. The number of aryl methyl sites for hydroxylation is 3. The lowest BCUT2D eigenvalue weighted by atomic mass is 9.97. The molecule has 0 spiro atoms. The first-order valence-electron chi connectivity index (χ1n) is 7.58. The van der Waals surface area contributed by atoms with Gasteiger partial charge < -0.3 is 5.32 Å². The summed E-state index contributed by atoms with van der Waals surface area (Å²) in [5.41, 5.74) is 4.69. The largest absolute Gasteiger partial charge is 0.306 e. The van der Waals surface area contributed by atoms with E-state index in [0.29, 0.717) is 0 Å². The summed E-state index contributed by atoms with van der Waals surface area (Å²) in [5, 5.41) is 9.01. The maximum atomic E-state index is 6.31. The molecule has 1 aromatic heterocycles. The van der Waals surface area contributed by atoms with Crippen LogP contribution < -0.4 is 5.32 Å². The van der Waals surface area contributed by atoms with Gasteiger partial charge in [-0.25, -0.2) is 0 Å². The van der Waals surface area contributed by atoms with Gasteiger partial charge >= 0.3 is 0 Å². The third kappa shape index (κ3) is 3.66. The van der Waals surface area contributed by atoms with Crippen molar-refractivity contribution in [2.24, 2.45) is 7.05 Å². The van der Waals surface area contributed by atoms with E-state index < -0.39 is 0 Å². The van der Waals surface area contributed by atoms with Crippen LogP contribution in [0.5, 0.6) is 0 Å². The molecule has 0 aliphatic carbocycles. The molecule has 114 valence electrons. The van der Waals surface area contributed by atoms with Gasteiger partial charge in [0.1, 0.15) is 0 Å². The van der Waals surface area contributed by atoms with Crippen LogP contribution in [0, 0.1) is 6.92 Å². The van der Waals surface area contributed by atoms with E-state index in [9.17, 15) is 0 Å². The third-order valence-electron chi connectivity index (χ3n) is 3.71. The minimum absolute atomic E-state index is 0.145. The van der Waals surface area contributed by atoms with Crippen molar-refractivity contribution in [2.75, 3.05) is 6.54 Å². The van der Waals surface area contributed by atoms with Gasteiger partial charge in [-0.15, -0.1) is 0 Å². The molecular weight excluding hydrogens is 282 g/mol. The molecular formula is C17H24ClN3. The van der Waals surface area contributed by atoms with Crippen LogP contribution in [0.2, 0.25) is 5.02 Å². The first-order chi connectivity index (χ1) is 10.1. The fraction of sp³-hybridized carbons (Fsp3) is 0.471. The Morgan fingerprint density at radius 3 is 2.71 bits per heavy atom. The van der Waals surface area contributed by atoms with Crippen molar-refractivity contribution in [1.29, 1.82) is 0 Å². The molecule has 1 atom stereocenters. The SMILES string of the molecule is CCCNC(c1ccc(C)c(Cl)c1)c1cn(C)nc1CC. The third-order valence-corrected chi connectivity index (χ3v) is 4.12. The molecule has 0 bridgehead atoms. The number of rotatable bonds is 6. The van der Waals surface area contributed by atoms with Gasteiger partial charge in [0.2, 0.25) is 0 Å². The van der Waals surface area contributed by atoms with E-state index in [1.54, 1.807) is 0 Å². The Kier molecular flexibility index (Phi) is 5.43. The highest BCUT2D eigenvalue weighted by atomic mass is 35.5. The van der Waals surface area contributed by atoms with Gasteiger partial charge in [-0.2, -0.15) is 5.10 Å². The first-order valence-corrected chi connectivity index (χ1v) is 7.96. The van der Waals surface area contributed by atoms with E-state index in [1.165, 1.54) is 11.1 Å². The van der Waals surface area contributed by atoms with Gasteiger partial charge in [-0.3, -0.25) is 4.68 Å². The molecule has 0 aliphatic rings. The lowest BCUT2D eigenvalue weighted by Gasteiger charge is -2.20. The number of aromatic nitrogens is 2. The fourth-order valence-electron chi connectivity index (χ4n) is 2.55. The van der Waals surface area contributed by atoms with Crippen molar-refractivity contribution >= 4 is 11.6 Å². The molecule has 1 unspecified atom stereocenters. The van der Waals surface area contributed by atoms with Crippen LogP contribution in [0.4, 0.5) is 0 Å². The minimum atomic E-state index is 0.145. The predicted octanol–water partition coefficient (Wildman–Crippen LogP) is 4.03. The smallest absolute Gasteiger partial charge is 0.0673 e. The Balaban J connectivity index is 2.43. The van der Waals surface area contributed by atoms with Crippen LogP contribution in [-0.2, 0) is 13.5 Å². The van der Waals surface area contributed by atoms with E-state index in [0.717, 1.165) is 35.7 Å². The zero-order chi connectivity index (χ0) is 15.4. The quantitative estimate of drug-likeness (QED) is 0.873. The zero-order valence-electron chi connectivity index (χ0n) is 13.3. The molecule has 1 N–H and O–H groups in total. The van der Waals surface area contributed by atoms with E-state index in [2.05, 4.69) is 48.7 Å². The number of halogens is 1. The van der Waals surface area contributed by atoms with E-state index in [4.69, 9.17) is 11.6 Å². The molecule has 3 nitrogen and oxygen atoms in total. The van der Waals surface area contributed by atoms with Crippen LogP contribution in [0.25, 0.3) is 0 Å². The van der Waals surface area contributed by atoms with Crippen LogP contribution in [-0.4, -0.2) is 16.3 Å². The normalized spacial score (nSPS) is 12.6. The maximum absolute atomic E-state index is 6.31. The van der Waals surface area contributed by atoms with Gasteiger partial charge in [0.25, 0.3) is 0 Å². The highest BCUT2D eigenvalue weighted by molar-refractivity contribution is 6.31. The number of nitrogens with zero attached hydrogens (tertiary/aromatic N) is 2. The highest BCUT2D eigenvalue weighted by Crippen LogP contribution is 2.28. The van der Waals surface area contributed by atoms with Crippen LogP contribution in [0.3, 0.4) is 0 Å². The van der Waals surface area contributed by atoms with Crippen molar-refractivity contribution in [2.45, 2.75) is 39.7 Å². The van der Waals surface area contributed by atoms with E-state index >= 15 is 0 Å². The van der Waals surface area contributed by atoms with Crippen LogP contribution in [0.1, 0.15) is 48.7 Å². The minimum Gasteiger partial charge on any atom is -0.306 e. The molecule has 2 aromatic rings. The molecule has 21 heavy (non-hydrogen) atoms. The Bertz CT molecular complexity index is 604. The molecule has 4 heteroatoms. The number of hydrogen-bond donors (Lipinski definition) is 1. The van der Waals surface area contributed by atoms with Crippen molar-refractivity contribution in [3.63, 3.8) is 0 Å². The summed E-state index contributed by atoms with van der Waals surface area (Å²) in [7, 11) is 1.97. The second-order valence-electron chi connectivity index (χ2n) is 5.45. The van der Waals surface area contributed by atoms with Crippen molar-refractivity contribution < 1.29 is 0 Å². The second kappa shape index (κ2) is 7.10. The standard InChI is InChI=1S/C17H24ClN3/c1-5-9-19-17(13-8-7-12(3)15(18)10-13)14-11-21(4)20-16(14)6-2/h7-8,10-11,17,19H,5-6,9H2,1-4H3. The molecule has 0 radical (unpaired) electrons. The van der Waals surface area contributed by atoms with Crippen LogP contribution in [0.15, 0.2) is 24.4 Å². The summed E-state index contributed by atoms with van der Waals surface area (Å²) in [5.74, 6) is 0. The summed E-state index contributed by atoms with van der Waals surface area (Å²) in [6.45, 7) is 7.32. The summed E-state index contributed by atoms with van der Waals surface area (Å²) in [6, 6.07) is 6.45. The van der Waals surface area contributed by atoms with Crippen LogP contribution >= 0.6 is 11.6 Å². The molecule has 0 fully saturated rings. The fourth-order valence-corrected chi connectivity index (χ4v) is 2.74. The van der Waals surface area contributed by atoms with Crippen molar-refractivity contribution in [1.82, 2.24) is 15.1 Å². The maximum Gasteiger partial charge on any atom is 0.0673 e. The van der Waals surface area contributed by atoms with Crippen molar-refractivity contribution in [3.8, 4) is 0 Å². The summed E-state index contributed by atoms with van der Waals surface area (Å²) in [6.07, 6.45) is 4.14. The Morgan fingerprint density at radius 1 is 1.33 bits per heavy atom. The Hall–Kier alpha value is -1.32. The lowest BCUT2D eigenvalue weighted by Crippen LogP contribution is -2.23. The molecule has 1 heterocycles. The molecule has 0 saturated heterocycles. The van der Waals surface area contributed by atoms with Gasteiger partial charge in [-0.05, 0) is 43.5 Å². The highest BCUT2D eigenvalue weighted by Gasteiger charge is 2.19. The Labute approximate surface area is 132 Å². The van der Waals surface area contributed by atoms with Gasteiger partial charge in [0.05, 0.1) is 11.7 Å². The molecule has 0 aliphatic heterocycles. The molecule has 2 rings (SSSR count). The van der Waals surface area contributed by atoms with E-state index in [1.807, 2.05) is 18.7 Å². The van der Waals surface area contributed by atoms with Gasteiger partial charge in [0, 0.05) is 23.8 Å². The molecule has 0 amide bonds. The Morgan fingerprint density at radius 2 is 2.10 bits per heavy atom. The molecule has 1 aromatic carbocycles. The first kappa shape index (κ1) is 16.1. The average molecular weight is 306 g/mol. The van der Waals surface area contributed by atoms with Gasteiger partial charge in [-0.1, -0.05) is 37.6 Å². The lowest BCUT2D eigenvalue weighted by molar-refractivity contribution is 0.594. The van der Waals surface area contributed by atoms with E-state index in [-0.39, 0.29) is 6.04 Å². The number of nitrogens with one attached hydrogen (secondary N) is 1. The zero-order valence-corrected chi connectivity index (χ0v) is 14.0. The topological polar surface area (TPSA) is 29.9 Å². The van der Waals surface area contributed by atoms with Crippen molar-refractivity contribution in [3.05, 3.63) is 51.8 Å².